The molecule has 1 aromatic rings. The van der Waals surface area contributed by atoms with Crippen molar-refractivity contribution < 1.29 is 5.11 Å². The number of rotatable bonds is 7. The number of hydrogen-bond acceptors (Lipinski definition) is 3. The molecule has 0 fully saturated rings. The van der Waals surface area contributed by atoms with Crippen LogP contribution < -0.4 is 5.32 Å². The Labute approximate surface area is 122 Å². The van der Waals surface area contributed by atoms with Crippen LogP contribution in [0.15, 0.2) is 12.1 Å². The molecule has 0 atom stereocenters. The molecule has 0 saturated carbocycles. The third kappa shape index (κ3) is 4.59. The van der Waals surface area contributed by atoms with E-state index in [-0.39, 0.29) is 17.4 Å². The van der Waals surface area contributed by atoms with E-state index in [1.165, 1.54) is 9.75 Å². The lowest BCUT2D eigenvalue weighted by atomic mass is 9.83. The Balaban J connectivity index is 2.51. The molecule has 0 radical (unpaired) electrons. The Morgan fingerprint density at radius 1 is 1.16 bits per heavy atom. The Morgan fingerprint density at radius 3 is 2.21 bits per heavy atom. The van der Waals surface area contributed by atoms with E-state index in [0.29, 0.717) is 0 Å². The van der Waals surface area contributed by atoms with Gasteiger partial charge in [-0.3, -0.25) is 0 Å². The fourth-order valence-electron chi connectivity index (χ4n) is 2.11. The predicted octanol–water partition coefficient (Wildman–Crippen LogP) is 3.93. The maximum atomic E-state index is 9.55. The van der Waals surface area contributed by atoms with Crippen LogP contribution in [-0.2, 0) is 12.0 Å². The molecule has 0 aliphatic heterocycles. The van der Waals surface area contributed by atoms with Crippen LogP contribution in [0.3, 0.4) is 0 Å². The van der Waals surface area contributed by atoms with E-state index in [4.69, 9.17) is 0 Å². The van der Waals surface area contributed by atoms with Gasteiger partial charge in [-0.2, -0.15) is 0 Å². The second-order valence-corrected chi connectivity index (χ2v) is 7.65. The third-order valence-electron chi connectivity index (χ3n) is 4.04. The number of aliphatic hydroxyl groups is 1. The van der Waals surface area contributed by atoms with Gasteiger partial charge in [0, 0.05) is 34.9 Å². The van der Waals surface area contributed by atoms with Crippen molar-refractivity contribution in [1.29, 1.82) is 0 Å². The van der Waals surface area contributed by atoms with Gasteiger partial charge in [0.1, 0.15) is 0 Å². The normalized spacial score (nSPS) is 12.9. The molecule has 0 amide bonds. The highest BCUT2D eigenvalue weighted by atomic mass is 32.1. The minimum atomic E-state index is 0.0458. The number of thiophene rings is 1. The summed E-state index contributed by atoms with van der Waals surface area (Å²) in [6, 6.07) is 4.46. The lowest BCUT2D eigenvalue weighted by molar-refractivity contribution is 0.113. The number of nitrogens with one attached hydrogen (secondary N) is 1. The molecule has 110 valence electrons. The summed E-state index contributed by atoms with van der Waals surface area (Å²) in [6.45, 7) is 13.1. The first-order valence-electron chi connectivity index (χ1n) is 7.27. The van der Waals surface area contributed by atoms with E-state index in [1.54, 1.807) is 0 Å². The molecule has 0 unspecified atom stereocenters. The molecule has 1 rings (SSSR count). The zero-order valence-corrected chi connectivity index (χ0v) is 13.9. The topological polar surface area (TPSA) is 32.3 Å². The second kappa shape index (κ2) is 6.87. The highest BCUT2D eigenvalue weighted by Gasteiger charge is 2.24. The van der Waals surface area contributed by atoms with Crippen LogP contribution in [0.4, 0.5) is 0 Å². The van der Waals surface area contributed by atoms with Crippen molar-refractivity contribution in [3.8, 4) is 0 Å². The van der Waals surface area contributed by atoms with Gasteiger partial charge in [-0.05, 0) is 30.4 Å². The average molecular weight is 283 g/mol. The monoisotopic (exact) mass is 283 g/mol. The molecule has 2 nitrogen and oxygen atoms in total. The van der Waals surface area contributed by atoms with Gasteiger partial charge >= 0.3 is 0 Å². The van der Waals surface area contributed by atoms with E-state index in [9.17, 15) is 5.11 Å². The largest absolute Gasteiger partial charge is 0.396 e. The van der Waals surface area contributed by atoms with E-state index in [2.05, 4.69) is 52.1 Å². The van der Waals surface area contributed by atoms with Crippen molar-refractivity contribution in [3.05, 3.63) is 21.9 Å². The van der Waals surface area contributed by atoms with Gasteiger partial charge in [0.2, 0.25) is 0 Å². The molecular weight excluding hydrogens is 254 g/mol. The van der Waals surface area contributed by atoms with E-state index < -0.39 is 0 Å². The van der Waals surface area contributed by atoms with Crippen LogP contribution in [0.2, 0.25) is 0 Å². The van der Waals surface area contributed by atoms with Crippen LogP contribution in [0.25, 0.3) is 0 Å². The Kier molecular flexibility index (Phi) is 6.03. The minimum Gasteiger partial charge on any atom is -0.396 e. The Hall–Kier alpha value is -0.380. The summed E-state index contributed by atoms with van der Waals surface area (Å²) in [4.78, 5) is 2.81. The number of hydrogen-bond donors (Lipinski definition) is 2. The molecule has 3 heteroatoms. The summed E-state index contributed by atoms with van der Waals surface area (Å²) in [5.74, 6) is 0. The Bertz CT molecular complexity index is 366. The summed E-state index contributed by atoms with van der Waals surface area (Å²) in [5.41, 5.74) is 0.286. The highest BCUT2D eigenvalue weighted by molar-refractivity contribution is 7.12. The van der Waals surface area contributed by atoms with Gasteiger partial charge in [0.05, 0.1) is 0 Å². The molecule has 19 heavy (non-hydrogen) atoms. The molecule has 0 aliphatic carbocycles. The first kappa shape index (κ1) is 16.7. The average Bonchev–Trinajstić information content (AvgIpc) is 2.84. The van der Waals surface area contributed by atoms with Gasteiger partial charge in [-0.15, -0.1) is 11.3 Å². The SMILES string of the molecule is CCC(CC)(CO)CNCc1ccc(C(C)(C)C)s1. The van der Waals surface area contributed by atoms with E-state index in [0.717, 1.165) is 25.9 Å². The van der Waals surface area contributed by atoms with Crippen molar-refractivity contribution in [2.75, 3.05) is 13.2 Å². The van der Waals surface area contributed by atoms with Gasteiger partial charge < -0.3 is 10.4 Å². The van der Waals surface area contributed by atoms with Crippen LogP contribution in [0.5, 0.6) is 0 Å². The van der Waals surface area contributed by atoms with Crippen LogP contribution in [0.1, 0.15) is 57.2 Å². The lowest BCUT2D eigenvalue weighted by Crippen LogP contribution is -2.36. The minimum absolute atomic E-state index is 0.0458. The maximum absolute atomic E-state index is 9.55. The van der Waals surface area contributed by atoms with Crippen LogP contribution >= 0.6 is 11.3 Å². The first-order chi connectivity index (χ1) is 8.87. The molecule has 2 N–H and O–H groups in total. The zero-order chi connectivity index (χ0) is 14.5. The maximum Gasteiger partial charge on any atom is 0.0499 e. The molecule has 1 heterocycles. The van der Waals surface area contributed by atoms with Gasteiger partial charge in [0.15, 0.2) is 0 Å². The van der Waals surface area contributed by atoms with Crippen LogP contribution in [-0.4, -0.2) is 18.3 Å². The van der Waals surface area contributed by atoms with Crippen molar-refractivity contribution in [3.63, 3.8) is 0 Å². The number of aliphatic hydroxyl groups excluding tert-OH is 1. The zero-order valence-electron chi connectivity index (χ0n) is 13.0. The van der Waals surface area contributed by atoms with Crippen molar-refractivity contribution in [2.24, 2.45) is 5.41 Å². The smallest absolute Gasteiger partial charge is 0.0499 e. The highest BCUT2D eigenvalue weighted by Crippen LogP contribution is 2.30. The lowest BCUT2D eigenvalue weighted by Gasteiger charge is -2.29. The van der Waals surface area contributed by atoms with Gasteiger partial charge in [-0.1, -0.05) is 34.6 Å². The summed E-state index contributed by atoms with van der Waals surface area (Å²) >= 11 is 1.89. The summed E-state index contributed by atoms with van der Waals surface area (Å²) < 4.78 is 0. The van der Waals surface area contributed by atoms with Crippen molar-refractivity contribution >= 4 is 11.3 Å². The third-order valence-corrected chi connectivity index (χ3v) is 5.55. The van der Waals surface area contributed by atoms with Crippen LogP contribution in [0, 0.1) is 5.41 Å². The standard InChI is InChI=1S/C16H29NOS/c1-6-16(7-2,12-18)11-17-10-13-8-9-14(19-13)15(3,4)5/h8-9,17-18H,6-7,10-12H2,1-5H3. The molecule has 0 aliphatic rings. The molecule has 1 aromatic heterocycles. The first-order valence-corrected chi connectivity index (χ1v) is 8.09. The van der Waals surface area contributed by atoms with Crippen molar-refractivity contribution in [1.82, 2.24) is 5.32 Å². The summed E-state index contributed by atoms with van der Waals surface area (Å²) in [6.07, 6.45) is 2.04. The quantitative estimate of drug-likeness (QED) is 0.794. The molecular formula is C16H29NOS. The Morgan fingerprint density at radius 2 is 1.79 bits per heavy atom. The molecule has 0 bridgehead atoms. The van der Waals surface area contributed by atoms with Crippen molar-refractivity contribution in [2.45, 2.75) is 59.4 Å². The van der Waals surface area contributed by atoms with E-state index >= 15 is 0 Å². The molecule has 0 spiro atoms. The fraction of sp³-hybridized carbons (Fsp3) is 0.750. The van der Waals surface area contributed by atoms with Gasteiger partial charge in [0.25, 0.3) is 0 Å². The molecule has 0 saturated heterocycles. The van der Waals surface area contributed by atoms with E-state index in [1.807, 2.05) is 11.3 Å². The second-order valence-electron chi connectivity index (χ2n) is 6.48. The predicted molar refractivity (Wildman–Crippen MR) is 84.8 cm³/mol. The fourth-order valence-corrected chi connectivity index (χ4v) is 3.14. The summed E-state index contributed by atoms with van der Waals surface area (Å²) in [5, 5.41) is 13.1. The van der Waals surface area contributed by atoms with Gasteiger partial charge in [-0.25, -0.2) is 0 Å². The molecule has 0 aromatic carbocycles. The summed E-state index contributed by atoms with van der Waals surface area (Å²) in [7, 11) is 0.